The summed E-state index contributed by atoms with van der Waals surface area (Å²) < 4.78 is 1.49. The van der Waals surface area contributed by atoms with Crippen LogP contribution in [-0.2, 0) is 11.2 Å². The van der Waals surface area contributed by atoms with Crippen LogP contribution in [0.2, 0.25) is 0 Å². The highest BCUT2D eigenvalue weighted by atomic mass is 16.2. The Morgan fingerprint density at radius 1 is 0.967 bits per heavy atom. The van der Waals surface area contributed by atoms with E-state index in [-0.39, 0.29) is 24.7 Å². The van der Waals surface area contributed by atoms with E-state index in [0.717, 1.165) is 41.0 Å². The van der Waals surface area contributed by atoms with Gasteiger partial charge in [0.1, 0.15) is 0 Å². The van der Waals surface area contributed by atoms with Crippen molar-refractivity contribution >= 4 is 17.5 Å². The summed E-state index contributed by atoms with van der Waals surface area (Å²) in [6.07, 6.45) is 8.75. The molecule has 5 nitrogen and oxygen atoms in total. The number of aryl methyl sites for hydroxylation is 3. The zero-order chi connectivity index (χ0) is 22.1. The lowest BCUT2D eigenvalue weighted by molar-refractivity contribution is -0.116. The van der Waals surface area contributed by atoms with E-state index in [0.29, 0.717) is 0 Å². The Balaban J connectivity index is 1.87. The van der Waals surface area contributed by atoms with Gasteiger partial charge in [0, 0.05) is 24.2 Å². The first kappa shape index (κ1) is 23.8. The van der Waals surface area contributed by atoms with Crippen LogP contribution in [0, 0.1) is 27.7 Å². The predicted molar refractivity (Wildman–Crippen MR) is 123 cm³/mol. The molecule has 164 valence electrons. The molecule has 0 aliphatic rings. The fraction of sp³-hybridized carbons (Fsp3) is 0.560. The van der Waals surface area contributed by atoms with Crippen LogP contribution in [0.15, 0.2) is 18.2 Å². The molecule has 2 rings (SSSR count). The smallest absolute Gasteiger partial charge is 0.247 e. The first-order valence-corrected chi connectivity index (χ1v) is 11.3. The van der Waals surface area contributed by atoms with E-state index in [9.17, 15) is 9.59 Å². The SMILES string of the molecule is CCCCCCCCc1c(C)nn(C(=O)CCC(=O)Nc2cc(C)ccc2C)c1C. The number of aromatic nitrogens is 2. The molecule has 0 aliphatic heterocycles. The lowest BCUT2D eigenvalue weighted by Gasteiger charge is -2.09. The Morgan fingerprint density at radius 2 is 1.67 bits per heavy atom. The van der Waals surface area contributed by atoms with Crippen LogP contribution in [0.5, 0.6) is 0 Å². The molecule has 2 aromatic rings. The zero-order valence-electron chi connectivity index (χ0n) is 19.3. The van der Waals surface area contributed by atoms with E-state index in [1.165, 1.54) is 42.3 Å². The van der Waals surface area contributed by atoms with Gasteiger partial charge < -0.3 is 5.32 Å². The summed E-state index contributed by atoms with van der Waals surface area (Å²) in [7, 11) is 0. The predicted octanol–water partition coefficient (Wildman–Crippen LogP) is 6.08. The van der Waals surface area contributed by atoms with Crippen molar-refractivity contribution in [2.24, 2.45) is 0 Å². The average molecular weight is 412 g/mol. The van der Waals surface area contributed by atoms with Crippen LogP contribution in [0.3, 0.4) is 0 Å². The maximum atomic E-state index is 12.7. The van der Waals surface area contributed by atoms with Crippen molar-refractivity contribution in [3.8, 4) is 0 Å². The van der Waals surface area contributed by atoms with E-state index in [1.54, 1.807) is 0 Å². The Morgan fingerprint density at radius 3 is 2.40 bits per heavy atom. The van der Waals surface area contributed by atoms with E-state index in [4.69, 9.17) is 0 Å². The van der Waals surface area contributed by atoms with E-state index >= 15 is 0 Å². The maximum absolute atomic E-state index is 12.7. The van der Waals surface area contributed by atoms with Gasteiger partial charge in [0.15, 0.2) is 0 Å². The van der Waals surface area contributed by atoms with Crippen LogP contribution < -0.4 is 5.32 Å². The molecule has 1 aromatic carbocycles. The number of nitrogens with zero attached hydrogens (tertiary/aromatic N) is 2. The molecule has 1 N–H and O–H groups in total. The van der Waals surface area contributed by atoms with Gasteiger partial charge in [-0.1, -0.05) is 51.2 Å². The normalized spacial score (nSPS) is 11.0. The molecule has 30 heavy (non-hydrogen) atoms. The number of benzene rings is 1. The molecule has 0 spiro atoms. The molecule has 0 unspecified atom stereocenters. The topological polar surface area (TPSA) is 64.0 Å². The number of amides is 1. The lowest BCUT2D eigenvalue weighted by Crippen LogP contribution is -2.19. The van der Waals surface area contributed by atoms with Crippen molar-refractivity contribution in [3.05, 3.63) is 46.3 Å². The summed E-state index contributed by atoms with van der Waals surface area (Å²) in [5.74, 6) is -0.271. The van der Waals surface area contributed by atoms with Gasteiger partial charge in [0.05, 0.1) is 5.69 Å². The molecule has 0 saturated heterocycles. The number of hydrogen-bond donors (Lipinski definition) is 1. The van der Waals surface area contributed by atoms with Crippen molar-refractivity contribution in [1.29, 1.82) is 0 Å². The largest absolute Gasteiger partial charge is 0.326 e. The molecule has 0 fully saturated rings. The Bertz CT molecular complexity index is 868. The third-order valence-corrected chi connectivity index (χ3v) is 5.69. The van der Waals surface area contributed by atoms with Crippen LogP contribution in [0.4, 0.5) is 5.69 Å². The summed E-state index contributed by atoms with van der Waals surface area (Å²) in [5.41, 5.74) is 5.93. The number of hydrogen-bond acceptors (Lipinski definition) is 3. The minimum absolute atomic E-state index is 0.124. The molecular formula is C25H37N3O2. The molecule has 0 saturated carbocycles. The Labute approximate surface area is 181 Å². The number of carbonyl (C=O) groups excluding carboxylic acids is 2. The second-order valence-corrected chi connectivity index (χ2v) is 8.34. The molecular weight excluding hydrogens is 374 g/mol. The van der Waals surface area contributed by atoms with Crippen molar-refractivity contribution in [1.82, 2.24) is 9.78 Å². The van der Waals surface area contributed by atoms with Crippen LogP contribution in [0.1, 0.15) is 91.2 Å². The Kier molecular flexibility index (Phi) is 9.28. The lowest BCUT2D eigenvalue weighted by atomic mass is 10.0. The van der Waals surface area contributed by atoms with Crippen molar-refractivity contribution < 1.29 is 9.59 Å². The number of anilines is 1. The molecule has 0 atom stereocenters. The highest BCUT2D eigenvalue weighted by Crippen LogP contribution is 2.19. The van der Waals surface area contributed by atoms with Gasteiger partial charge >= 0.3 is 0 Å². The number of carbonyl (C=O) groups is 2. The highest BCUT2D eigenvalue weighted by molar-refractivity contribution is 5.94. The molecule has 1 aromatic heterocycles. The number of nitrogens with one attached hydrogen (secondary N) is 1. The van der Waals surface area contributed by atoms with Gasteiger partial charge in [-0.3, -0.25) is 9.59 Å². The van der Waals surface area contributed by atoms with Crippen LogP contribution in [-0.4, -0.2) is 21.6 Å². The first-order chi connectivity index (χ1) is 14.3. The first-order valence-electron chi connectivity index (χ1n) is 11.3. The van der Waals surface area contributed by atoms with Gasteiger partial charge in [-0.2, -0.15) is 5.10 Å². The molecule has 0 radical (unpaired) electrons. The van der Waals surface area contributed by atoms with Gasteiger partial charge in [-0.15, -0.1) is 0 Å². The summed E-state index contributed by atoms with van der Waals surface area (Å²) in [6.45, 7) is 10.1. The van der Waals surface area contributed by atoms with Crippen LogP contribution >= 0.6 is 0 Å². The zero-order valence-corrected chi connectivity index (χ0v) is 19.3. The standard InChI is InChI=1S/C25H37N3O2/c1-6-7-8-9-10-11-12-22-20(4)27-28(21(22)5)25(30)16-15-24(29)26-23-17-18(2)13-14-19(23)3/h13-14,17H,6-12,15-16H2,1-5H3,(H,26,29). The van der Waals surface area contributed by atoms with Gasteiger partial charge in [0.25, 0.3) is 0 Å². The third-order valence-electron chi connectivity index (χ3n) is 5.69. The van der Waals surface area contributed by atoms with E-state index in [1.807, 2.05) is 45.9 Å². The van der Waals surface area contributed by atoms with Gasteiger partial charge in [-0.25, -0.2) is 4.68 Å². The summed E-state index contributed by atoms with van der Waals surface area (Å²) >= 11 is 0. The van der Waals surface area contributed by atoms with Gasteiger partial charge in [0.2, 0.25) is 11.8 Å². The molecule has 1 heterocycles. The van der Waals surface area contributed by atoms with Crippen molar-refractivity contribution in [3.63, 3.8) is 0 Å². The van der Waals surface area contributed by atoms with Crippen molar-refractivity contribution in [2.75, 3.05) is 5.32 Å². The van der Waals surface area contributed by atoms with Crippen molar-refractivity contribution in [2.45, 2.75) is 92.4 Å². The van der Waals surface area contributed by atoms with E-state index < -0.39 is 0 Å². The molecule has 0 aliphatic carbocycles. The second kappa shape index (κ2) is 11.7. The third kappa shape index (κ3) is 6.82. The van der Waals surface area contributed by atoms with Crippen LogP contribution in [0.25, 0.3) is 0 Å². The molecule has 1 amide bonds. The second-order valence-electron chi connectivity index (χ2n) is 8.34. The highest BCUT2D eigenvalue weighted by Gasteiger charge is 2.17. The average Bonchev–Trinajstić information content (AvgIpc) is 2.99. The van der Waals surface area contributed by atoms with E-state index in [2.05, 4.69) is 17.3 Å². The summed E-state index contributed by atoms with van der Waals surface area (Å²) in [5, 5.41) is 7.38. The minimum Gasteiger partial charge on any atom is -0.326 e. The minimum atomic E-state index is -0.147. The maximum Gasteiger partial charge on any atom is 0.247 e. The number of unbranched alkanes of at least 4 members (excludes halogenated alkanes) is 5. The van der Waals surface area contributed by atoms with Gasteiger partial charge in [-0.05, 0) is 63.3 Å². The monoisotopic (exact) mass is 411 g/mol. The fourth-order valence-corrected chi connectivity index (χ4v) is 3.77. The summed E-state index contributed by atoms with van der Waals surface area (Å²) in [4.78, 5) is 25.0. The summed E-state index contributed by atoms with van der Waals surface area (Å²) in [6, 6.07) is 5.95. The fourth-order valence-electron chi connectivity index (χ4n) is 3.77. The quantitative estimate of drug-likeness (QED) is 0.456. The molecule has 0 bridgehead atoms. The molecule has 5 heteroatoms. The number of rotatable bonds is 11. The Hall–Kier alpha value is -2.43.